The predicted molar refractivity (Wildman–Crippen MR) is 74.1 cm³/mol. The fraction of sp³-hybridized carbons (Fsp3) is 0.385. The third-order valence-corrected chi connectivity index (χ3v) is 3.68. The van der Waals surface area contributed by atoms with Gasteiger partial charge in [-0.2, -0.15) is 0 Å². The Balaban J connectivity index is 2.04. The van der Waals surface area contributed by atoms with Crippen molar-refractivity contribution in [2.75, 3.05) is 20.2 Å². The van der Waals surface area contributed by atoms with E-state index in [1.807, 2.05) is 0 Å². The number of methoxy groups -OCH3 is 1. The lowest BCUT2D eigenvalue weighted by molar-refractivity contribution is 0.0600. The summed E-state index contributed by atoms with van der Waals surface area (Å²) in [7, 11) is 1.32. The summed E-state index contributed by atoms with van der Waals surface area (Å²) in [5.74, 6) is 0.157. The van der Waals surface area contributed by atoms with Crippen LogP contribution in [-0.2, 0) is 4.74 Å². The first-order chi connectivity index (χ1) is 9.51. The topological polar surface area (TPSA) is 76.1 Å². The summed E-state index contributed by atoms with van der Waals surface area (Å²) in [6, 6.07) is 4.89. The van der Waals surface area contributed by atoms with Crippen molar-refractivity contribution in [2.45, 2.75) is 12.5 Å². The van der Waals surface area contributed by atoms with Gasteiger partial charge in [-0.15, -0.1) is 0 Å². The monoisotopic (exact) mass is 343 g/mol. The molecule has 1 aliphatic rings. The number of amides is 1. The molecule has 0 saturated carbocycles. The van der Waals surface area contributed by atoms with Gasteiger partial charge >= 0.3 is 12.1 Å². The van der Waals surface area contributed by atoms with E-state index in [9.17, 15) is 9.59 Å². The molecule has 0 aromatic heterocycles. The normalized spacial score (nSPS) is 17.9. The third-order valence-electron chi connectivity index (χ3n) is 3.06. The molecule has 7 heteroatoms. The van der Waals surface area contributed by atoms with Gasteiger partial charge in [-0.3, -0.25) is 0 Å². The second-order valence-corrected chi connectivity index (χ2v) is 5.25. The molecule has 0 unspecified atom stereocenters. The molecule has 1 heterocycles. The number of nitrogens with zero attached hydrogens (tertiary/aromatic N) is 1. The molecule has 0 spiro atoms. The summed E-state index contributed by atoms with van der Waals surface area (Å²) >= 11 is 3.33. The minimum atomic E-state index is -0.934. The number of hydrogen-bond donors (Lipinski definition) is 1. The van der Waals surface area contributed by atoms with Gasteiger partial charge in [-0.05, 0) is 34.1 Å². The number of carbonyl (C=O) groups excluding carboxylic acids is 1. The van der Waals surface area contributed by atoms with E-state index in [4.69, 9.17) is 9.84 Å². The fourth-order valence-electron chi connectivity index (χ4n) is 2.02. The Morgan fingerprint density at radius 3 is 2.75 bits per heavy atom. The molecule has 1 aromatic carbocycles. The average molecular weight is 344 g/mol. The number of benzene rings is 1. The van der Waals surface area contributed by atoms with Crippen molar-refractivity contribution in [3.8, 4) is 5.75 Å². The fourth-order valence-corrected chi connectivity index (χ4v) is 2.49. The predicted octanol–water partition coefficient (Wildman–Crippen LogP) is 2.37. The first-order valence-corrected chi connectivity index (χ1v) is 6.83. The summed E-state index contributed by atoms with van der Waals surface area (Å²) in [6.07, 6.45) is -0.458. The Hall–Kier alpha value is -1.76. The molecule has 0 radical (unpaired) electrons. The smallest absolute Gasteiger partial charge is 0.407 e. The SMILES string of the molecule is COC(=O)c1ccc(O[C@@H]2CCN(C(=O)O)C2)c(Br)c1. The van der Waals surface area contributed by atoms with Crippen LogP contribution in [0.1, 0.15) is 16.8 Å². The highest BCUT2D eigenvalue weighted by Crippen LogP contribution is 2.28. The minimum absolute atomic E-state index is 0.175. The Kier molecular flexibility index (Phi) is 4.49. The molecule has 1 fully saturated rings. The molecule has 20 heavy (non-hydrogen) atoms. The van der Waals surface area contributed by atoms with Crippen molar-refractivity contribution >= 4 is 28.0 Å². The molecule has 108 valence electrons. The van der Waals surface area contributed by atoms with Crippen LogP contribution in [0.4, 0.5) is 4.79 Å². The zero-order chi connectivity index (χ0) is 14.7. The highest BCUT2D eigenvalue weighted by Gasteiger charge is 2.27. The lowest BCUT2D eigenvalue weighted by Gasteiger charge is -2.16. The summed E-state index contributed by atoms with van der Waals surface area (Å²) in [4.78, 5) is 23.5. The van der Waals surface area contributed by atoms with Crippen LogP contribution >= 0.6 is 15.9 Å². The third kappa shape index (κ3) is 3.22. The van der Waals surface area contributed by atoms with Gasteiger partial charge in [0.25, 0.3) is 0 Å². The molecule has 6 nitrogen and oxygen atoms in total. The lowest BCUT2D eigenvalue weighted by Crippen LogP contribution is -2.29. The van der Waals surface area contributed by atoms with Crippen LogP contribution in [0.2, 0.25) is 0 Å². The number of esters is 1. The maximum Gasteiger partial charge on any atom is 0.407 e. The van der Waals surface area contributed by atoms with E-state index >= 15 is 0 Å². The summed E-state index contributed by atoms with van der Waals surface area (Å²) in [5.41, 5.74) is 0.422. The van der Waals surface area contributed by atoms with Crippen LogP contribution in [0.15, 0.2) is 22.7 Å². The standard InChI is InChI=1S/C13H14BrNO5/c1-19-12(16)8-2-3-11(10(14)6-8)20-9-4-5-15(7-9)13(17)18/h2-3,6,9H,4-5,7H2,1H3,(H,17,18)/t9-/m1/s1. The Morgan fingerprint density at radius 2 is 2.20 bits per heavy atom. The number of halogens is 1. The van der Waals surface area contributed by atoms with E-state index in [1.165, 1.54) is 12.0 Å². The molecule has 1 amide bonds. The van der Waals surface area contributed by atoms with Crippen molar-refractivity contribution in [3.63, 3.8) is 0 Å². The molecule has 1 aromatic rings. The van der Waals surface area contributed by atoms with Gasteiger partial charge in [-0.1, -0.05) is 0 Å². The van der Waals surface area contributed by atoms with Gasteiger partial charge in [0.05, 0.1) is 23.7 Å². The van der Waals surface area contributed by atoms with Gasteiger partial charge in [0, 0.05) is 13.0 Å². The maximum atomic E-state index is 11.4. The minimum Gasteiger partial charge on any atom is -0.487 e. The van der Waals surface area contributed by atoms with E-state index in [-0.39, 0.29) is 6.10 Å². The quantitative estimate of drug-likeness (QED) is 0.852. The number of carbonyl (C=O) groups is 2. The van der Waals surface area contributed by atoms with Crippen molar-refractivity contribution in [3.05, 3.63) is 28.2 Å². The largest absolute Gasteiger partial charge is 0.487 e. The van der Waals surface area contributed by atoms with Crippen LogP contribution in [0.3, 0.4) is 0 Å². The Labute approximate surface area is 124 Å². The van der Waals surface area contributed by atoms with E-state index in [2.05, 4.69) is 20.7 Å². The van der Waals surface area contributed by atoms with Crippen molar-refractivity contribution in [1.29, 1.82) is 0 Å². The first kappa shape index (κ1) is 14.6. The van der Waals surface area contributed by atoms with Gasteiger partial charge in [0.2, 0.25) is 0 Å². The van der Waals surface area contributed by atoms with Crippen LogP contribution in [-0.4, -0.2) is 48.4 Å². The molecule has 1 aliphatic heterocycles. The van der Waals surface area contributed by atoms with Crippen LogP contribution in [0.5, 0.6) is 5.75 Å². The molecule has 0 bridgehead atoms. The number of hydrogen-bond acceptors (Lipinski definition) is 4. The van der Waals surface area contributed by atoms with Gasteiger partial charge < -0.3 is 19.5 Å². The summed E-state index contributed by atoms with van der Waals surface area (Å²) < 4.78 is 11.0. The number of rotatable bonds is 3. The second-order valence-electron chi connectivity index (χ2n) is 4.39. The highest BCUT2D eigenvalue weighted by atomic mass is 79.9. The van der Waals surface area contributed by atoms with Crippen molar-refractivity contribution in [1.82, 2.24) is 4.90 Å². The Bertz CT molecular complexity index is 533. The van der Waals surface area contributed by atoms with Crippen molar-refractivity contribution < 1.29 is 24.2 Å². The summed E-state index contributed by atoms with van der Waals surface area (Å²) in [6.45, 7) is 0.818. The molecule has 2 rings (SSSR count). The zero-order valence-corrected chi connectivity index (χ0v) is 12.4. The lowest BCUT2D eigenvalue weighted by atomic mass is 10.2. The van der Waals surface area contributed by atoms with Crippen molar-refractivity contribution in [2.24, 2.45) is 0 Å². The van der Waals surface area contributed by atoms with E-state index < -0.39 is 12.1 Å². The Morgan fingerprint density at radius 1 is 1.45 bits per heavy atom. The highest BCUT2D eigenvalue weighted by molar-refractivity contribution is 9.10. The number of carboxylic acid groups (broad SMARTS) is 1. The van der Waals surface area contributed by atoms with Gasteiger partial charge in [0.15, 0.2) is 0 Å². The number of likely N-dealkylation sites (tertiary alicyclic amines) is 1. The second kappa shape index (κ2) is 6.13. The van der Waals surface area contributed by atoms with Gasteiger partial charge in [0.1, 0.15) is 11.9 Å². The average Bonchev–Trinajstić information content (AvgIpc) is 2.89. The summed E-state index contributed by atoms with van der Waals surface area (Å²) in [5, 5.41) is 8.89. The molecule has 0 aliphatic carbocycles. The maximum absolute atomic E-state index is 11.4. The van der Waals surface area contributed by atoms with Crippen LogP contribution in [0.25, 0.3) is 0 Å². The van der Waals surface area contributed by atoms with Crippen LogP contribution in [0, 0.1) is 0 Å². The van der Waals surface area contributed by atoms with Crippen LogP contribution < -0.4 is 4.74 Å². The number of ether oxygens (including phenoxy) is 2. The van der Waals surface area contributed by atoms with E-state index in [1.54, 1.807) is 18.2 Å². The first-order valence-electron chi connectivity index (χ1n) is 6.03. The van der Waals surface area contributed by atoms with E-state index in [0.717, 1.165) is 0 Å². The zero-order valence-electron chi connectivity index (χ0n) is 10.8. The van der Waals surface area contributed by atoms with Gasteiger partial charge in [-0.25, -0.2) is 9.59 Å². The molecule has 1 atom stereocenters. The van der Waals surface area contributed by atoms with E-state index in [0.29, 0.717) is 35.3 Å². The molecule has 1 saturated heterocycles. The molecule has 1 N–H and O–H groups in total. The molecular weight excluding hydrogens is 330 g/mol. The molecular formula is C13H14BrNO5.